The second-order valence-electron chi connectivity index (χ2n) is 7.72. The lowest BCUT2D eigenvalue weighted by atomic mass is 10.1. The highest BCUT2D eigenvalue weighted by Gasteiger charge is 2.16. The summed E-state index contributed by atoms with van der Waals surface area (Å²) in [4.78, 5) is 23.1. The predicted octanol–water partition coefficient (Wildman–Crippen LogP) is 4.69. The highest BCUT2D eigenvalue weighted by molar-refractivity contribution is 5.83. The molecular weight excluding hydrogens is 386 g/mol. The Morgan fingerprint density at radius 2 is 1.84 bits per heavy atom. The van der Waals surface area contributed by atoms with Gasteiger partial charge in [0.05, 0.1) is 25.8 Å². The van der Waals surface area contributed by atoms with E-state index in [2.05, 4.69) is 22.1 Å². The maximum absolute atomic E-state index is 13.2. The van der Waals surface area contributed by atoms with Gasteiger partial charge in [0.2, 0.25) is 5.91 Å². The molecule has 1 N–H and O–H groups in total. The molecule has 5 heteroatoms. The second kappa shape index (κ2) is 9.47. The van der Waals surface area contributed by atoms with Crippen LogP contribution in [0, 0.1) is 6.92 Å². The minimum atomic E-state index is 0.0910. The summed E-state index contributed by atoms with van der Waals surface area (Å²) in [5.41, 5.74) is 5.17. The largest absolute Gasteiger partial charge is 0.497 e. The maximum atomic E-state index is 13.2. The number of nitrogens with one attached hydrogen (secondary N) is 1. The number of amides is 1. The number of H-pyrrole nitrogens is 1. The van der Waals surface area contributed by atoms with Crippen LogP contribution in [0.25, 0.3) is 10.9 Å². The van der Waals surface area contributed by atoms with Crippen molar-refractivity contribution in [1.29, 1.82) is 0 Å². The lowest BCUT2D eigenvalue weighted by Gasteiger charge is -2.23. The van der Waals surface area contributed by atoms with Crippen molar-refractivity contribution in [2.24, 2.45) is 0 Å². The van der Waals surface area contributed by atoms with E-state index in [9.17, 15) is 4.79 Å². The zero-order valence-electron chi connectivity index (χ0n) is 18.0. The Morgan fingerprint density at radius 1 is 1.03 bits per heavy atom. The average molecular weight is 414 g/mol. The summed E-state index contributed by atoms with van der Waals surface area (Å²) in [6.07, 6.45) is 3.18. The number of aryl methyl sites for hydroxylation is 1. The molecular formula is C26H27N3O2. The Balaban J connectivity index is 1.51. The first-order valence-corrected chi connectivity index (χ1v) is 10.5. The van der Waals surface area contributed by atoms with Crippen molar-refractivity contribution < 1.29 is 9.53 Å². The van der Waals surface area contributed by atoms with Gasteiger partial charge in [-0.15, -0.1) is 0 Å². The number of carbonyl (C=O) groups excluding carboxylic acids is 1. The second-order valence-corrected chi connectivity index (χ2v) is 7.72. The van der Waals surface area contributed by atoms with E-state index < -0.39 is 0 Å². The van der Waals surface area contributed by atoms with Gasteiger partial charge in [-0.2, -0.15) is 0 Å². The minimum absolute atomic E-state index is 0.0910. The van der Waals surface area contributed by atoms with Crippen LogP contribution in [-0.2, 0) is 24.2 Å². The molecule has 5 nitrogen and oxygen atoms in total. The van der Waals surface area contributed by atoms with Crippen LogP contribution in [0.2, 0.25) is 0 Å². The first kappa shape index (κ1) is 20.7. The molecule has 158 valence electrons. The fraction of sp³-hybridized carbons (Fsp3) is 0.231. The normalized spacial score (nSPS) is 10.9. The molecule has 1 amide bonds. The molecule has 0 bridgehead atoms. The molecule has 0 fully saturated rings. The highest BCUT2D eigenvalue weighted by atomic mass is 16.5. The van der Waals surface area contributed by atoms with Gasteiger partial charge >= 0.3 is 0 Å². The third kappa shape index (κ3) is 5.12. The van der Waals surface area contributed by atoms with Gasteiger partial charge in [0.25, 0.3) is 0 Å². The van der Waals surface area contributed by atoms with Gasteiger partial charge in [0, 0.05) is 29.3 Å². The number of hydrogen-bond acceptors (Lipinski definition) is 3. The molecule has 2 heterocycles. The van der Waals surface area contributed by atoms with Crippen LogP contribution in [0.15, 0.2) is 72.9 Å². The average Bonchev–Trinajstić information content (AvgIpc) is 3.20. The number of fused-ring (bicyclic) bond motifs is 1. The van der Waals surface area contributed by atoms with Gasteiger partial charge in [-0.1, -0.05) is 36.4 Å². The molecule has 0 aliphatic heterocycles. The number of benzene rings is 2. The van der Waals surface area contributed by atoms with Crippen molar-refractivity contribution in [3.8, 4) is 5.75 Å². The molecule has 0 aliphatic rings. The van der Waals surface area contributed by atoms with Gasteiger partial charge in [0.1, 0.15) is 5.75 Å². The molecule has 0 spiro atoms. The summed E-state index contributed by atoms with van der Waals surface area (Å²) in [6.45, 7) is 3.10. The lowest BCUT2D eigenvalue weighted by Crippen LogP contribution is -2.34. The number of carbonyl (C=O) groups is 1. The summed E-state index contributed by atoms with van der Waals surface area (Å²) in [5.74, 6) is 0.879. The number of rotatable bonds is 8. The van der Waals surface area contributed by atoms with Crippen LogP contribution >= 0.6 is 0 Å². The van der Waals surface area contributed by atoms with Gasteiger partial charge in [-0.3, -0.25) is 9.78 Å². The van der Waals surface area contributed by atoms with Gasteiger partial charge in [0.15, 0.2) is 0 Å². The van der Waals surface area contributed by atoms with E-state index in [1.54, 1.807) is 7.11 Å². The Hall–Kier alpha value is -3.60. The molecule has 4 rings (SSSR count). The number of hydrogen-bond donors (Lipinski definition) is 1. The summed E-state index contributed by atoms with van der Waals surface area (Å²) in [6, 6.07) is 21.9. The smallest absolute Gasteiger partial charge is 0.227 e. The molecule has 4 aromatic rings. The molecule has 2 aromatic carbocycles. The van der Waals surface area contributed by atoms with Crippen molar-refractivity contribution in [1.82, 2.24) is 14.9 Å². The third-order valence-corrected chi connectivity index (χ3v) is 5.49. The minimum Gasteiger partial charge on any atom is -0.497 e. The maximum Gasteiger partial charge on any atom is 0.227 e. The lowest BCUT2D eigenvalue weighted by molar-refractivity contribution is -0.131. The predicted molar refractivity (Wildman–Crippen MR) is 123 cm³/mol. The van der Waals surface area contributed by atoms with Crippen molar-refractivity contribution >= 4 is 16.8 Å². The van der Waals surface area contributed by atoms with Gasteiger partial charge in [-0.05, 0) is 54.8 Å². The molecule has 0 saturated carbocycles. The van der Waals surface area contributed by atoms with Crippen LogP contribution in [-0.4, -0.2) is 34.4 Å². The van der Waals surface area contributed by atoms with E-state index in [1.165, 1.54) is 10.9 Å². The summed E-state index contributed by atoms with van der Waals surface area (Å²) < 4.78 is 5.22. The number of methoxy groups -OCH3 is 1. The quantitative estimate of drug-likeness (QED) is 0.456. The van der Waals surface area contributed by atoms with Crippen molar-refractivity contribution in [3.05, 3.63) is 95.4 Å². The first-order valence-electron chi connectivity index (χ1n) is 10.5. The molecule has 0 unspecified atom stereocenters. The Morgan fingerprint density at radius 3 is 2.61 bits per heavy atom. The van der Waals surface area contributed by atoms with E-state index in [4.69, 9.17) is 4.74 Å². The Labute approximate surface area is 182 Å². The van der Waals surface area contributed by atoms with Crippen molar-refractivity contribution in [3.63, 3.8) is 0 Å². The van der Waals surface area contributed by atoms with Crippen LogP contribution < -0.4 is 4.74 Å². The number of aromatic amines is 1. The van der Waals surface area contributed by atoms with E-state index in [0.717, 1.165) is 34.6 Å². The zero-order chi connectivity index (χ0) is 21.6. The molecule has 2 aromatic heterocycles. The van der Waals surface area contributed by atoms with E-state index in [1.807, 2.05) is 72.6 Å². The fourth-order valence-corrected chi connectivity index (χ4v) is 3.80. The summed E-state index contributed by atoms with van der Waals surface area (Å²) in [7, 11) is 1.64. The molecule has 0 atom stereocenters. The number of ether oxygens (including phenoxy) is 1. The Kier molecular flexibility index (Phi) is 6.32. The van der Waals surface area contributed by atoms with Crippen molar-refractivity contribution in [2.75, 3.05) is 13.7 Å². The van der Waals surface area contributed by atoms with Crippen molar-refractivity contribution in [2.45, 2.75) is 26.3 Å². The topological polar surface area (TPSA) is 58.2 Å². The zero-order valence-corrected chi connectivity index (χ0v) is 18.0. The monoisotopic (exact) mass is 413 g/mol. The van der Waals surface area contributed by atoms with Crippen LogP contribution in [0.1, 0.15) is 22.5 Å². The first-order chi connectivity index (χ1) is 15.1. The number of pyridine rings is 1. The molecule has 0 radical (unpaired) electrons. The molecule has 0 aliphatic carbocycles. The SMILES string of the molecule is COc1ccc(CC(=O)N(CCc2c[nH]c3ccccc23)Cc2cccc(C)n2)cc1. The standard InChI is InChI=1S/C26H27N3O2/c1-19-6-5-7-22(28-19)18-29(26(30)16-20-10-12-23(31-2)13-11-20)15-14-21-17-27-25-9-4-3-8-24(21)25/h3-13,17,27H,14-16,18H2,1-2H3. The summed E-state index contributed by atoms with van der Waals surface area (Å²) in [5, 5.41) is 1.21. The fourth-order valence-electron chi connectivity index (χ4n) is 3.80. The van der Waals surface area contributed by atoms with Crippen LogP contribution in [0.5, 0.6) is 5.75 Å². The van der Waals surface area contributed by atoms with Crippen LogP contribution in [0.3, 0.4) is 0 Å². The van der Waals surface area contributed by atoms with E-state index >= 15 is 0 Å². The molecule has 0 saturated heterocycles. The van der Waals surface area contributed by atoms with Crippen LogP contribution in [0.4, 0.5) is 0 Å². The van der Waals surface area contributed by atoms with Gasteiger partial charge in [-0.25, -0.2) is 0 Å². The third-order valence-electron chi connectivity index (χ3n) is 5.49. The van der Waals surface area contributed by atoms with Gasteiger partial charge < -0.3 is 14.6 Å². The number of para-hydroxylation sites is 1. The summed E-state index contributed by atoms with van der Waals surface area (Å²) >= 11 is 0. The van der Waals surface area contributed by atoms with E-state index in [-0.39, 0.29) is 5.91 Å². The number of aromatic nitrogens is 2. The van der Waals surface area contributed by atoms with E-state index in [0.29, 0.717) is 19.5 Å². The number of nitrogens with zero attached hydrogens (tertiary/aromatic N) is 2. The highest BCUT2D eigenvalue weighted by Crippen LogP contribution is 2.19. The molecule has 31 heavy (non-hydrogen) atoms. The Bertz CT molecular complexity index is 1160.